The lowest BCUT2D eigenvalue weighted by atomic mass is 10.1. The highest BCUT2D eigenvalue weighted by Gasteiger charge is 2.22. The maximum atomic E-state index is 12.4. The molecule has 0 aromatic rings. The maximum absolute atomic E-state index is 12.4. The Kier molecular flexibility index (Phi) is 33.4. The van der Waals surface area contributed by atoms with Gasteiger partial charge in [0.25, 0.3) is 0 Å². The summed E-state index contributed by atoms with van der Waals surface area (Å²) < 4.78 is 26.3. The van der Waals surface area contributed by atoms with Crippen LogP contribution in [0.2, 0.25) is 0 Å². The van der Waals surface area contributed by atoms with Gasteiger partial charge in [0.15, 0.2) is 6.10 Å². The molecule has 0 bridgehead atoms. The zero-order chi connectivity index (χ0) is 35.4. The summed E-state index contributed by atoms with van der Waals surface area (Å²) in [7, 11) is -4.76. The number of carbonyl (C=O) groups is 2. The number of unbranched alkanes of at least 4 members (excludes halogenated alkanes) is 16. The van der Waals surface area contributed by atoms with Crippen LogP contribution in [0.4, 0.5) is 0 Å². The van der Waals surface area contributed by atoms with E-state index in [1.165, 1.54) is 51.4 Å². The number of hydrogen-bond donors (Lipinski definition) is 2. The molecule has 0 unspecified atom stereocenters. The Morgan fingerprint density at radius 3 is 1.52 bits per heavy atom. The van der Waals surface area contributed by atoms with Crippen molar-refractivity contribution in [3.8, 4) is 0 Å². The second kappa shape index (κ2) is 34.9. The van der Waals surface area contributed by atoms with Crippen LogP contribution in [0.15, 0.2) is 48.6 Å². The van der Waals surface area contributed by atoms with E-state index in [1.54, 1.807) is 0 Å². The number of rotatable bonds is 34. The summed E-state index contributed by atoms with van der Waals surface area (Å²) in [5.41, 5.74) is 0. The smallest absolute Gasteiger partial charge is 0.462 e. The minimum absolute atomic E-state index is 0.190. The van der Waals surface area contributed by atoms with Gasteiger partial charge in [-0.2, -0.15) is 0 Å². The molecule has 0 aromatic heterocycles. The molecule has 0 saturated carbocycles. The van der Waals surface area contributed by atoms with Crippen molar-refractivity contribution in [2.45, 2.75) is 174 Å². The van der Waals surface area contributed by atoms with Crippen LogP contribution in [0, 0.1) is 0 Å². The van der Waals surface area contributed by atoms with Crippen molar-refractivity contribution in [2.24, 2.45) is 0 Å². The predicted octanol–water partition coefficient (Wildman–Crippen LogP) is 11.2. The van der Waals surface area contributed by atoms with E-state index in [9.17, 15) is 14.2 Å². The highest BCUT2D eigenvalue weighted by molar-refractivity contribution is 7.46. The Morgan fingerprint density at radius 2 is 1.00 bits per heavy atom. The molecule has 0 spiro atoms. The fraction of sp³-hybridized carbons (Fsp3) is 0.744. The van der Waals surface area contributed by atoms with Gasteiger partial charge in [-0.05, 0) is 70.6 Å². The van der Waals surface area contributed by atoms with Crippen LogP contribution in [-0.2, 0) is 28.2 Å². The summed E-state index contributed by atoms with van der Waals surface area (Å²) in [4.78, 5) is 42.7. The van der Waals surface area contributed by atoms with Gasteiger partial charge < -0.3 is 19.3 Å². The second-order valence-corrected chi connectivity index (χ2v) is 13.8. The monoisotopic (exact) mass is 696 g/mol. The van der Waals surface area contributed by atoms with Crippen LogP contribution in [0.25, 0.3) is 0 Å². The largest absolute Gasteiger partial charge is 0.469 e. The van der Waals surface area contributed by atoms with E-state index < -0.39 is 32.5 Å². The molecule has 0 amide bonds. The van der Waals surface area contributed by atoms with E-state index in [4.69, 9.17) is 19.3 Å². The first kappa shape index (κ1) is 46.0. The molecule has 0 rings (SSSR count). The van der Waals surface area contributed by atoms with E-state index in [0.717, 1.165) is 77.0 Å². The molecule has 1 atom stereocenters. The Bertz CT molecular complexity index is 921. The summed E-state index contributed by atoms with van der Waals surface area (Å²) in [5.74, 6) is -0.912. The average Bonchev–Trinajstić information content (AvgIpc) is 3.05. The molecular formula is C39H69O8P. The van der Waals surface area contributed by atoms with Gasteiger partial charge in [-0.1, -0.05) is 133 Å². The lowest BCUT2D eigenvalue weighted by Gasteiger charge is -2.18. The molecule has 0 saturated heterocycles. The van der Waals surface area contributed by atoms with E-state index in [1.807, 2.05) is 0 Å². The number of allylic oxidation sites excluding steroid dienone is 8. The first-order valence-electron chi connectivity index (χ1n) is 18.9. The fourth-order valence-electron chi connectivity index (χ4n) is 5.03. The van der Waals surface area contributed by atoms with E-state index >= 15 is 0 Å². The van der Waals surface area contributed by atoms with Crippen LogP contribution < -0.4 is 0 Å². The Balaban J connectivity index is 4.00. The first-order valence-corrected chi connectivity index (χ1v) is 20.5. The fourth-order valence-corrected chi connectivity index (χ4v) is 5.39. The molecule has 278 valence electrons. The number of carbonyl (C=O) groups excluding carboxylic acids is 2. The van der Waals surface area contributed by atoms with Crippen molar-refractivity contribution in [1.82, 2.24) is 0 Å². The van der Waals surface area contributed by atoms with Gasteiger partial charge in [-0.15, -0.1) is 0 Å². The van der Waals surface area contributed by atoms with Gasteiger partial charge in [0, 0.05) is 12.8 Å². The minimum Gasteiger partial charge on any atom is -0.462 e. The average molecular weight is 697 g/mol. The second-order valence-electron chi connectivity index (χ2n) is 12.5. The summed E-state index contributed by atoms with van der Waals surface area (Å²) in [6.07, 6.45) is 41.1. The molecule has 0 aliphatic rings. The van der Waals surface area contributed by atoms with E-state index in [2.05, 4.69) is 67.0 Å². The summed E-state index contributed by atoms with van der Waals surface area (Å²) >= 11 is 0. The van der Waals surface area contributed by atoms with Crippen molar-refractivity contribution in [1.29, 1.82) is 0 Å². The molecule has 0 aliphatic carbocycles. The first-order chi connectivity index (χ1) is 23.3. The van der Waals surface area contributed by atoms with Gasteiger partial charge in [-0.25, -0.2) is 4.57 Å². The molecule has 0 aliphatic heterocycles. The zero-order valence-corrected chi connectivity index (χ0v) is 31.3. The van der Waals surface area contributed by atoms with E-state index in [-0.39, 0.29) is 19.4 Å². The molecule has 0 heterocycles. The number of phosphoric acid groups is 1. The topological polar surface area (TPSA) is 119 Å². The van der Waals surface area contributed by atoms with Gasteiger partial charge in [0.05, 0.1) is 6.61 Å². The number of phosphoric ester groups is 1. The Morgan fingerprint density at radius 1 is 0.562 bits per heavy atom. The van der Waals surface area contributed by atoms with Crippen LogP contribution in [0.5, 0.6) is 0 Å². The van der Waals surface area contributed by atoms with Crippen LogP contribution in [-0.4, -0.2) is 41.0 Å². The lowest BCUT2D eigenvalue weighted by molar-refractivity contribution is -0.161. The standard InChI is InChI=1S/C39H69O8P/c1-3-5-7-9-11-13-15-17-19-21-23-25-27-29-31-33-38(40)45-35-37(36-46-48(42,43)44)47-39(41)34-32-30-28-26-24-22-20-18-16-14-12-10-8-6-4-2/h6,8,12-15,18,20,37H,3-5,7,9-11,16-17,19,21-36H2,1-2H3,(H2,42,43,44)/b8-6+,14-12+,15-13+,20-18+/t37-/m1/s1. The quantitative estimate of drug-likeness (QED) is 0.0295. The van der Waals surface area contributed by atoms with Gasteiger partial charge in [0.2, 0.25) is 0 Å². The molecule has 0 aromatic carbocycles. The van der Waals surface area contributed by atoms with Crippen LogP contribution in [0.3, 0.4) is 0 Å². The predicted molar refractivity (Wildman–Crippen MR) is 198 cm³/mol. The molecule has 0 radical (unpaired) electrons. The number of esters is 2. The van der Waals surface area contributed by atoms with Crippen molar-refractivity contribution in [3.63, 3.8) is 0 Å². The highest BCUT2D eigenvalue weighted by Crippen LogP contribution is 2.36. The zero-order valence-electron chi connectivity index (χ0n) is 30.4. The van der Waals surface area contributed by atoms with Crippen LogP contribution in [0.1, 0.15) is 168 Å². The normalized spacial score (nSPS) is 13.0. The highest BCUT2D eigenvalue weighted by atomic mass is 31.2. The third-order valence-corrected chi connectivity index (χ3v) is 8.32. The van der Waals surface area contributed by atoms with Crippen molar-refractivity contribution in [3.05, 3.63) is 48.6 Å². The third-order valence-electron chi connectivity index (χ3n) is 7.83. The molecule has 48 heavy (non-hydrogen) atoms. The van der Waals surface area contributed by atoms with Crippen molar-refractivity contribution in [2.75, 3.05) is 13.2 Å². The van der Waals surface area contributed by atoms with Gasteiger partial charge in [-0.3, -0.25) is 14.1 Å². The third kappa shape index (κ3) is 36.8. The van der Waals surface area contributed by atoms with Crippen molar-refractivity contribution >= 4 is 19.8 Å². The van der Waals surface area contributed by atoms with E-state index in [0.29, 0.717) is 12.8 Å². The molecular weight excluding hydrogens is 627 g/mol. The summed E-state index contributed by atoms with van der Waals surface area (Å²) in [6.45, 7) is 3.53. The minimum atomic E-state index is -4.76. The summed E-state index contributed by atoms with van der Waals surface area (Å²) in [6, 6.07) is 0. The Hall–Kier alpha value is -1.99. The maximum Gasteiger partial charge on any atom is 0.469 e. The van der Waals surface area contributed by atoms with Crippen molar-refractivity contribution < 1.29 is 37.9 Å². The Labute approximate surface area is 293 Å². The molecule has 9 heteroatoms. The molecule has 0 fully saturated rings. The molecule has 8 nitrogen and oxygen atoms in total. The lowest BCUT2D eigenvalue weighted by Crippen LogP contribution is -2.29. The van der Waals surface area contributed by atoms with Crippen LogP contribution >= 0.6 is 7.82 Å². The summed E-state index contributed by atoms with van der Waals surface area (Å²) in [5, 5.41) is 0. The van der Waals surface area contributed by atoms with Gasteiger partial charge >= 0.3 is 19.8 Å². The van der Waals surface area contributed by atoms with Gasteiger partial charge in [0.1, 0.15) is 6.61 Å². The SMILES string of the molecule is CC/C=C/C/C=C/C/C=C/CCCCCCCC(=O)O[C@H](COC(=O)CCCCCCCCC/C=C/CCCCCC)COP(=O)(O)O. The molecule has 2 N–H and O–H groups in total. The number of ether oxygens (including phenoxy) is 2. The number of hydrogen-bond acceptors (Lipinski definition) is 6.